The fourth-order valence-electron chi connectivity index (χ4n) is 3.81. The Kier molecular flexibility index (Phi) is 4.28. The van der Waals surface area contributed by atoms with Crippen molar-refractivity contribution < 1.29 is 19.1 Å². The highest BCUT2D eigenvalue weighted by Gasteiger charge is 2.55. The van der Waals surface area contributed by atoms with Crippen LogP contribution in [0.1, 0.15) is 55.0 Å². The number of carbonyl (C=O) groups is 1. The van der Waals surface area contributed by atoms with Gasteiger partial charge in [-0.25, -0.2) is 0 Å². The fourth-order valence-corrected chi connectivity index (χ4v) is 3.81. The van der Waals surface area contributed by atoms with E-state index >= 15 is 0 Å². The van der Waals surface area contributed by atoms with E-state index in [9.17, 15) is 9.90 Å². The van der Waals surface area contributed by atoms with Gasteiger partial charge in [0.2, 0.25) is 0 Å². The van der Waals surface area contributed by atoms with Crippen LogP contribution >= 0.6 is 0 Å². The van der Waals surface area contributed by atoms with E-state index < -0.39 is 0 Å². The molecule has 22 heavy (non-hydrogen) atoms. The first-order chi connectivity index (χ1) is 10.6. The zero-order valence-electron chi connectivity index (χ0n) is 13.4. The highest BCUT2D eigenvalue weighted by atomic mass is 16.5. The molecular formula is C17H25NO4. The summed E-state index contributed by atoms with van der Waals surface area (Å²) < 4.78 is 11.1. The van der Waals surface area contributed by atoms with Gasteiger partial charge in [-0.15, -0.1) is 0 Å². The number of aliphatic hydroxyl groups excluding tert-OH is 1. The van der Waals surface area contributed by atoms with Gasteiger partial charge in [-0.05, 0) is 37.3 Å². The van der Waals surface area contributed by atoms with Crippen molar-refractivity contribution >= 4 is 5.91 Å². The van der Waals surface area contributed by atoms with Crippen molar-refractivity contribution in [2.24, 2.45) is 5.41 Å². The molecule has 1 aromatic heterocycles. The van der Waals surface area contributed by atoms with Crippen LogP contribution in [0.2, 0.25) is 0 Å². The van der Waals surface area contributed by atoms with Crippen molar-refractivity contribution in [1.29, 1.82) is 0 Å². The van der Waals surface area contributed by atoms with Gasteiger partial charge in [0.15, 0.2) is 5.76 Å². The lowest BCUT2D eigenvalue weighted by Crippen LogP contribution is -2.65. The summed E-state index contributed by atoms with van der Waals surface area (Å²) in [4.78, 5) is 12.5. The first-order valence-electron chi connectivity index (χ1n) is 8.29. The Hall–Kier alpha value is -1.33. The van der Waals surface area contributed by atoms with E-state index in [1.807, 2.05) is 13.0 Å². The van der Waals surface area contributed by atoms with Gasteiger partial charge >= 0.3 is 0 Å². The third-order valence-corrected chi connectivity index (χ3v) is 5.37. The minimum atomic E-state index is -0.337. The molecule has 3 rings (SSSR count). The highest BCUT2D eigenvalue weighted by Crippen LogP contribution is 2.49. The van der Waals surface area contributed by atoms with E-state index in [0.29, 0.717) is 25.4 Å². The Morgan fingerprint density at radius 2 is 2.09 bits per heavy atom. The van der Waals surface area contributed by atoms with Gasteiger partial charge in [-0.3, -0.25) is 4.79 Å². The molecule has 0 aromatic carbocycles. The lowest BCUT2D eigenvalue weighted by atomic mass is 9.58. The lowest BCUT2D eigenvalue weighted by molar-refractivity contribution is -0.145. The monoisotopic (exact) mass is 307 g/mol. The van der Waals surface area contributed by atoms with Crippen LogP contribution in [-0.2, 0) is 17.6 Å². The van der Waals surface area contributed by atoms with Gasteiger partial charge < -0.3 is 19.6 Å². The molecule has 2 heterocycles. The standard InChI is InChI=1S/C17H25NO4/c1-3-11-9-13(22-12(11)4-2)16(20)18-14-10-15(19)17(14)5-7-21-8-6-17/h9,14-15,19H,3-8,10H2,1-2H3,(H,18,20)/t14-,15-/m1/s1. The molecule has 1 saturated heterocycles. The van der Waals surface area contributed by atoms with Gasteiger partial charge in [0.1, 0.15) is 5.76 Å². The average Bonchev–Trinajstić information content (AvgIpc) is 2.98. The van der Waals surface area contributed by atoms with Gasteiger partial charge in [0.25, 0.3) is 5.91 Å². The van der Waals surface area contributed by atoms with Crippen molar-refractivity contribution in [3.63, 3.8) is 0 Å². The number of ether oxygens (including phenoxy) is 1. The molecule has 1 aromatic rings. The van der Waals surface area contributed by atoms with Crippen LogP contribution in [0.4, 0.5) is 0 Å². The van der Waals surface area contributed by atoms with Crippen molar-refractivity contribution in [1.82, 2.24) is 5.32 Å². The Balaban J connectivity index is 1.70. The number of rotatable bonds is 4. The second-order valence-corrected chi connectivity index (χ2v) is 6.39. The Morgan fingerprint density at radius 3 is 2.64 bits per heavy atom. The molecule has 2 N–H and O–H groups in total. The van der Waals surface area contributed by atoms with Gasteiger partial charge in [0, 0.05) is 31.1 Å². The first-order valence-corrected chi connectivity index (χ1v) is 8.29. The minimum absolute atomic E-state index is 0.0131. The molecule has 1 saturated carbocycles. The van der Waals surface area contributed by atoms with Crippen LogP contribution in [0, 0.1) is 5.41 Å². The number of amides is 1. The van der Waals surface area contributed by atoms with Crippen molar-refractivity contribution in [3.8, 4) is 0 Å². The van der Waals surface area contributed by atoms with Crippen molar-refractivity contribution in [2.75, 3.05) is 13.2 Å². The van der Waals surface area contributed by atoms with Crippen LogP contribution in [0.5, 0.6) is 0 Å². The minimum Gasteiger partial charge on any atom is -0.456 e. The molecule has 1 aliphatic carbocycles. The van der Waals surface area contributed by atoms with Crippen LogP contribution < -0.4 is 5.32 Å². The fraction of sp³-hybridized carbons (Fsp3) is 0.706. The van der Waals surface area contributed by atoms with Crippen LogP contribution in [-0.4, -0.2) is 36.4 Å². The molecule has 0 bridgehead atoms. The topological polar surface area (TPSA) is 71.7 Å². The quantitative estimate of drug-likeness (QED) is 0.893. The number of furan rings is 1. The predicted molar refractivity (Wildman–Crippen MR) is 81.8 cm³/mol. The number of aryl methyl sites for hydroxylation is 2. The summed E-state index contributed by atoms with van der Waals surface area (Å²) in [6.07, 6.45) is 3.54. The Bertz CT molecular complexity index is 523. The zero-order chi connectivity index (χ0) is 15.7. The molecule has 2 fully saturated rings. The van der Waals surface area contributed by atoms with Gasteiger partial charge in [-0.1, -0.05) is 13.8 Å². The number of hydrogen-bond donors (Lipinski definition) is 2. The smallest absolute Gasteiger partial charge is 0.287 e. The molecular weight excluding hydrogens is 282 g/mol. The average molecular weight is 307 g/mol. The largest absolute Gasteiger partial charge is 0.456 e. The van der Waals surface area contributed by atoms with E-state index in [0.717, 1.165) is 37.0 Å². The maximum atomic E-state index is 12.5. The summed E-state index contributed by atoms with van der Waals surface area (Å²) >= 11 is 0. The highest BCUT2D eigenvalue weighted by molar-refractivity contribution is 5.92. The summed E-state index contributed by atoms with van der Waals surface area (Å²) in [5.41, 5.74) is 0.892. The van der Waals surface area contributed by atoms with Crippen LogP contribution in [0.3, 0.4) is 0 Å². The number of hydrogen-bond acceptors (Lipinski definition) is 4. The summed E-state index contributed by atoms with van der Waals surface area (Å²) in [5.74, 6) is 1.11. The summed E-state index contributed by atoms with van der Waals surface area (Å²) in [6.45, 7) is 5.40. The van der Waals surface area contributed by atoms with E-state index in [2.05, 4.69) is 12.2 Å². The van der Waals surface area contributed by atoms with E-state index in [1.54, 1.807) is 0 Å². The molecule has 2 aliphatic rings. The molecule has 5 heteroatoms. The summed E-state index contributed by atoms with van der Waals surface area (Å²) in [7, 11) is 0. The van der Waals surface area contributed by atoms with Crippen molar-refractivity contribution in [2.45, 2.75) is 58.1 Å². The van der Waals surface area contributed by atoms with Crippen LogP contribution in [0.15, 0.2) is 10.5 Å². The molecule has 122 valence electrons. The first kappa shape index (κ1) is 15.6. The molecule has 1 spiro atoms. The van der Waals surface area contributed by atoms with Crippen molar-refractivity contribution in [3.05, 3.63) is 23.2 Å². The Labute approximate surface area is 131 Å². The molecule has 1 amide bonds. The molecule has 2 atom stereocenters. The normalized spacial score (nSPS) is 26.7. The maximum absolute atomic E-state index is 12.5. The zero-order valence-corrected chi connectivity index (χ0v) is 13.4. The molecule has 0 unspecified atom stereocenters. The molecule has 5 nitrogen and oxygen atoms in total. The van der Waals surface area contributed by atoms with Crippen LogP contribution in [0.25, 0.3) is 0 Å². The maximum Gasteiger partial charge on any atom is 0.287 e. The molecule has 1 aliphatic heterocycles. The second kappa shape index (κ2) is 6.05. The number of carbonyl (C=O) groups excluding carboxylic acids is 1. The van der Waals surface area contributed by atoms with E-state index in [4.69, 9.17) is 9.15 Å². The third-order valence-electron chi connectivity index (χ3n) is 5.37. The predicted octanol–water partition coefficient (Wildman–Crippen LogP) is 2.06. The third kappa shape index (κ3) is 2.46. The van der Waals surface area contributed by atoms with E-state index in [1.165, 1.54) is 0 Å². The number of aliphatic hydroxyl groups is 1. The summed E-state index contributed by atoms with van der Waals surface area (Å²) in [6, 6.07) is 1.86. The SMILES string of the molecule is CCc1cc(C(=O)N[C@@H]2C[C@@H](O)C23CCOCC3)oc1CC. The second-order valence-electron chi connectivity index (χ2n) is 6.39. The summed E-state index contributed by atoms with van der Waals surface area (Å²) in [5, 5.41) is 13.2. The lowest BCUT2D eigenvalue weighted by Gasteiger charge is -2.55. The van der Waals surface area contributed by atoms with Gasteiger partial charge in [-0.2, -0.15) is 0 Å². The van der Waals surface area contributed by atoms with E-state index in [-0.39, 0.29) is 23.5 Å². The Morgan fingerprint density at radius 1 is 1.36 bits per heavy atom. The molecule has 0 radical (unpaired) electrons. The van der Waals surface area contributed by atoms with Gasteiger partial charge in [0.05, 0.1) is 6.10 Å². The number of nitrogens with one attached hydrogen (secondary N) is 1.